The van der Waals surface area contributed by atoms with Gasteiger partial charge in [0.25, 0.3) is 0 Å². The molecule has 0 unspecified atom stereocenters. The lowest BCUT2D eigenvalue weighted by molar-refractivity contribution is 0.322. The van der Waals surface area contributed by atoms with Gasteiger partial charge in [-0.05, 0) is 11.5 Å². The van der Waals surface area contributed by atoms with Gasteiger partial charge in [0, 0.05) is 17.0 Å². The largest absolute Gasteiger partial charge is 0.380 e. The van der Waals surface area contributed by atoms with Gasteiger partial charge in [-0.15, -0.1) is 0 Å². The van der Waals surface area contributed by atoms with Crippen LogP contribution in [0.5, 0.6) is 0 Å². The number of nitrogens with two attached hydrogens (primary N) is 1. The van der Waals surface area contributed by atoms with E-state index in [9.17, 15) is 0 Å². The molecule has 0 radical (unpaired) electrons. The summed E-state index contributed by atoms with van der Waals surface area (Å²) >= 11 is 6.21. The second-order valence-corrected chi connectivity index (χ2v) is 5.99. The third kappa shape index (κ3) is 2.67. The first-order valence-electron chi connectivity index (χ1n) is 5.87. The lowest BCUT2D eigenvalue weighted by atomic mass is 9.88. The lowest BCUT2D eigenvalue weighted by Gasteiger charge is -2.16. The van der Waals surface area contributed by atoms with E-state index in [1.165, 1.54) is 0 Å². The molecule has 0 saturated heterocycles. The van der Waals surface area contributed by atoms with Gasteiger partial charge < -0.3 is 10.3 Å². The number of anilines is 1. The zero-order chi connectivity index (χ0) is 13.3. The standard InChI is InChI=1S/C14H17ClN2O/c1-14(2,3)8-11-12(13(16)17-18-11)9-6-4-5-7-10(9)15/h4-7H,8H2,1-3H3,(H2,16,17). The molecule has 0 aliphatic heterocycles. The van der Waals surface area contributed by atoms with E-state index in [2.05, 4.69) is 25.9 Å². The Labute approximate surface area is 112 Å². The summed E-state index contributed by atoms with van der Waals surface area (Å²) in [6, 6.07) is 7.58. The quantitative estimate of drug-likeness (QED) is 0.886. The number of aromatic nitrogens is 1. The van der Waals surface area contributed by atoms with Gasteiger partial charge in [-0.2, -0.15) is 0 Å². The van der Waals surface area contributed by atoms with Gasteiger partial charge in [-0.1, -0.05) is 55.7 Å². The molecule has 0 bridgehead atoms. The summed E-state index contributed by atoms with van der Waals surface area (Å²) in [6.07, 6.45) is 0.762. The third-order valence-corrected chi connectivity index (χ3v) is 2.95. The number of hydrogen-bond acceptors (Lipinski definition) is 3. The topological polar surface area (TPSA) is 52.0 Å². The Bertz CT molecular complexity index is 555. The van der Waals surface area contributed by atoms with E-state index in [0.717, 1.165) is 23.3 Å². The van der Waals surface area contributed by atoms with Crippen molar-refractivity contribution in [2.45, 2.75) is 27.2 Å². The second kappa shape index (κ2) is 4.65. The van der Waals surface area contributed by atoms with Crippen LogP contribution in [0.4, 0.5) is 5.82 Å². The summed E-state index contributed by atoms with van der Waals surface area (Å²) in [5.41, 5.74) is 7.68. The predicted octanol–water partition coefficient (Wildman–Crippen LogP) is 4.17. The summed E-state index contributed by atoms with van der Waals surface area (Å²) in [7, 11) is 0. The Morgan fingerprint density at radius 3 is 2.56 bits per heavy atom. The van der Waals surface area contributed by atoms with Gasteiger partial charge in [-0.3, -0.25) is 0 Å². The fourth-order valence-electron chi connectivity index (χ4n) is 1.89. The molecule has 2 N–H and O–H groups in total. The van der Waals surface area contributed by atoms with Gasteiger partial charge in [0.15, 0.2) is 5.82 Å². The van der Waals surface area contributed by atoms with Crippen molar-refractivity contribution in [1.29, 1.82) is 0 Å². The molecule has 0 spiro atoms. The average molecular weight is 265 g/mol. The van der Waals surface area contributed by atoms with Crippen molar-refractivity contribution in [2.24, 2.45) is 5.41 Å². The molecule has 3 nitrogen and oxygen atoms in total. The van der Waals surface area contributed by atoms with Gasteiger partial charge in [-0.25, -0.2) is 0 Å². The van der Waals surface area contributed by atoms with E-state index in [4.69, 9.17) is 21.9 Å². The van der Waals surface area contributed by atoms with Crippen molar-refractivity contribution < 1.29 is 4.52 Å². The Hall–Kier alpha value is -1.48. The Balaban J connectivity index is 2.51. The highest BCUT2D eigenvalue weighted by Gasteiger charge is 2.22. The second-order valence-electron chi connectivity index (χ2n) is 5.58. The van der Waals surface area contributed by atoms with Gasteiger partial charge in [0.2, 0.25) is 0 Å². The first kappa shape index (κ1) is 13.0. The minimum atomic E-state index is 0.0992. The van der Waals surface area contributed by atoms with Crippen molar-refractivity contribution in [2.75, 3.05) is 5.73 Å². The van der Waals surface area contributed by atoms with E-state index >= 15 is 0 Å². The van der Waals surface area contributed by atoms with Gasteiger partial charge in [0.05, 0.1) is 5.56 Å². The molecule has 0 saturated carbocycles. The molecular weight excluding hydrogens is 248 g/mol. The maximum Gasteiger partial charge on any atom is 0.175 e. The summed E-state index contributed by atoms with van der Waals surface area (Å²) in [6.45, 7) is 6.42. The van der Waals surface area contributed by atoms with Crippen molar-refractivity contribution in [1.82, 2.24) is 5.16 Å². The highest BCUT2D eigenvalue weighted by Crippen LogP contribution is 2.37. The number of hydrogen-bond donors (Lipinski definition) is 1. The van der Waals surface area contributed by atoms with Crippen LogP contribution in [-0.4, -0.2) is 5.16 Å². The monoisotopic (exact) mass is 264 g/mol. The molecule has 1 aromatic heterocycles. The van der Waals surface area contributed by atoms with Crippen LogP contribution in [0.2, 0.25) is 5.02 Å². The molecule has 18 heavy (non-hydrogen) atoms. The molecule has 1 aromatic carbocycles. The van der Waals surface area contributed by atoms with Gasteiger partial charge in [0.1, 0.15) is 5.76 Å². The van der Waals surface area contributed by atoms with E-state index in [0.29, 0.717) is 10.8 Å². The Morgan fingerprint density at radius 1 is 1.28 bits per heavy atom. The van der Waals surface area contributed by atoms with E-state index in [1.807, 2.05) is 24.3 Å². The summed E-state index contributed by atoms with van der Waals surface area (Å²) < 4.78 is 5.35. The van der Waals surface area contributed by atoms with Crippen molar-refractivity contribution in [3.05, 3.63) is 35.0 Å². The SMILES string of the molecule is CC(C)(C)Cc1onc(N)c1-c1ccccc1Cl. The number of nitrogen functional groups attached to an aromatic ring is 1. The normalized spacial score (nSPS) is 11.8. The van der Waals surface area contributed by atoms with Crippen LogP contribution in [0, 0.1) is 5.41 Å². The van der Waals surface area contributed by atoms with E-state index < -0.39 is 0 Å². The molecule has 0 aliphatic rings. The maximum absolute atomic E-state index is 6.21. The number of halogens is 1. The summed E-state index contributed by atoms with van der Waals surface area (Å²) in [4.78, 5) is 0. The molecule has 1 heterocycles. The predicted molar refractivity (Wildman–Crippen MR) is 74.5 cm³/mol. The molecule has 0 fully saturated rings. The van der Waals surface area contributed by atoms with Gasteiger partial charge >= 0.3 is 0 Å². The minimum absolute atomic E-state index is 0.0992. The highest BCUT2D eigenvalue weighted by molar-refractivity contribution is 6.33. The number of benzene rings is 1. The Morgan fingerprint density at radius 2 is 1.94 bits per heavy atom. The van der Waals surface area contributed by atoms with Crippen LogP contribution in [-0.2, 0) is 6.42 Å². The number of rotatable bonds is 2. The smallest absolute Gasteiger partial charge is 0.175 e. The van der Waals surface area contributed by atoms with Crippen molar-refractivity contribution in [3.63, 3.8) is 0 Å². The third-order valence-electron chi connectivity index (χ3n) is 2.62. The average Bonchev–Trinajstić information content (AvgIpc) is 2.59. The summed E-state index contributed by atoms with van der Waals surface area (Å²) in [5.74, 6) is 1.18. The Kier molecular flexibility index (Phi) is 3.35. The molecule has 0 aliphatic carbocycles. The van der Waals surface area contributed by atoms with Crippen LogP contribution in [0.3, 0.4) is 0 Å². The van der Waals surface area contributed by atoms with E-state index in [-0.39, 0.29) is 5.41 Å². The van der Waals surface area contributed by atoms with Crippen LogP contribution in [0.25, 0.3) is 11.1 Å². The van der Waals surface area contributed by atoms with E-state index in [1.54, 1.807) is 0 Å². The molecule has 96 valence electrons. The summed E-state index contributed by atoms with van der Waals surface area (Å²) in [5, 5.41) is 4.52. The fraction of sp³-hybridized carbons (Fsp3) is 0.357. The first-order valence-corrected chi connectivity index (χ1v) is 6.25. The zero-order valence-electron chi connectivity index (χ0n) is 10.8. The molecule has 0 amide bonds. The molecule has 2 rings (SSSR count). The molecular formula is C14H17ClN2O. The van der Waals surface area contributed by atoms with Crippen LogP contribution in [0.1, 0.15) is 26.5 Å². The van der Waals surface area contributed by atoms with Crippen molar-refractivity contribution in [3.8, 4) is 11.1 Å². The molecule has 4 heteroatoms. The highest BCUT2D eigenvalue weighted by atomic mass is 35.5. The number of nitrogens with zero attached hydrogens (tertiary/aromatic N) is 1. The zero-order valence-corrected chi connectivity index (χ0v) is 11.6. The van der Waals surface area contributed by atoms with Crippen LogP contribution < -0.4 is 5.73 Å². The molecule has 2 aromatic rings. The minimum Gasteiger partial charge on any atom is -0.380 e. The first-order chi connectivity index (χ1) is 8.38. The van der Waals surface area contributed by atoms with Crippen molar-refractivity contribution >= 4 is 17.4 Å². The van der Waals surface area contributed by atoms with Crippen LogP contribution in [0.15, 0.2) is 28.8 Å². The molecule has 0 atom stereocenters. The fourth-order valence-corrected chi connectivity index (χ4v) is 2.12. The maximum atomic E-state index is 6.21. The lowest BCUT2D eigenvalue weighted by Crippen LogP contribution is -2.09. The van der Waals surface area contributed by atoms with Crippen LogP contribution >= 0.6 is 11.6 Å².